The number of amides is 1. The van der Waals surface area contributed by atoms with Crippen LogP contribution >= 0.6 is 11.6 Å². The van der Waals surface area contributed by atoms with E-state index in [1.54, 1.807) is 11.5 Å². The standard InChI is InChI=1S/C12H18ClN3O3/c1-7-15-10(13)8(5-17)16(7)9(12(2,3)4)6-19-11(14)18/h5,9H,6H2,1-4H3,(H2,14,18). The quantitative estimate of drug-likeness (QED) is 0.861. The summed E-state index contributed by atoms with van der Waals surface area (Å²) in [6, 6.07) is -0.291. The van der Waals surface area contributed by atoms with Gasteiger partial charge in [-0.25, -0.2) is 9.78 Å². The molecule has 1 amide bonds. The Morgan fingerprint density at radius 1 is 1.58 bits per heavy atom. The summed E-state index contributed by atoms with van der Waals surface area (Å²) < 4.78 is 6.56. The minimum atomic E-state index is -0.856. The fourth-order valence-electron chi connectivity index (χ4n) is 1.90. The van der Waals surface area contributed by atoms with Crippen LogP contribution in [0.3, 0.4) is 0 Å². The highest BCUT2D eigenvalue weighted by Gasteiger charge is 2.31. The Hall–Kier alpha value is -1.56. The van der Waals surface area contributed by atoms with E-state index in [0.717, 1.165) is 0 Å². The minimum Gasteiger partial charge on any atom is -0.447 e. The fourth-order valence-corrected chi connectivity index (χ4v) is 2.16. The highest BCUT2D eigenvalue weighted by atomic mass is 35.5. The topological polar surface area (TPSA) is 87.2 Å². The van der Waals surface area contributed by atoms with E-state index in [0.29, 0.717) is 12.1 Å². The third kappa shape index (κ3) is 3.47. The van der Waals surface area contributed by atoms with E-state index in [1.807, 2.05) is 20.8 Å². The van der Waals surface area contributed by atoms with Gasteiger partial charge in [-0.15, -0.1) is 0 Å². The second-order valence-corrected chi connectivity index (χ2v) is 5.69. The van der Waals surface area contributed by atoms with Crippen molar-refractivity contribution in [3.8, 4) is 0 Å². The Balaban J connectivity index is 3.25. The van der Waals surface area contributed by atoms with Gasteiger partial charge in [-0.2, -0.15) is 0 Å². The molecule has 0 aromatic carbocycles. The van der Waals surface area contributed by atoms with Crippen LogP contribution in [-0.2, 0) is 4.74 Å². The Morgan fingerprint density at radius 3 is 2.58 bits per heavy atom. The van der Waals surface area contributed by atoms with Crippen molar-refractivity contribution in [1.82, 2.24) is 9.55 Å². The van der Waals surface area contributed by atoms with Gasteiger partial charge in [0.2, 0.25) is 0 Å². The summed E-state index contributed by atoms with van der Waals surface area (Å²) >= 11 is 5.91. The summed E-state index contributed by atoms with van der Waals surface area (Å²) in [5.41, 5.74) is 4.99. The van der Waals surface area contributed by atoms with Crippen LogP contribution in [0.15, 0.2) is 0 Å². The van der Waals surface area contributed by atoms with Crippen molar-refractivity contribution in [3.05, 3.63) is 16.7 Å². The highest BCUT2D eigenvalue weighted by molar-refractivity contribution is 6.31. The molecular formula is C12H18ClN3O3. The normalized spacial score (nSPS) is 13.1. The Kier molecular flexibility index (Phi) is 4.57. The lowest BCUT2D eigenvalue weighted by Crippen LogP contribution is -2.32. The number of ether oxygens (including phenoxy) is 1. The number of hydrogen-bond acceptors (Lipinski definition) is 4. The van der Waals surface area contributed by atoms with Crippen LogP contribution in [0.4, 0.5) is 4.79 Å². The van der Waals surface area contributed by atoms with E-state index < -0.39 is 6.09 Å². The number of nitrogens with zero attached hydrogens (tertiary/aromatic N) is 2. The molecule has 1 aromatic rings. The van der Waals surface area contributed by atoms with Crippen LogP contribution in [0, 0.1) is 12.3 Å². The second kappa shape index (κ2) is 5.61. The Bertz CT molecular complexity index is 491. The molecule has 1 atom stereocenters. The SMILES string of the molecule is Cc1nc(Cl)c(C=O)n1C(COC(N)=O)C(C)(C)C. The van der Waals surface area contributed by atoms with E-state index in [-0.39, 0.29) is 28.9 Å². The summed E-state index contributed by atoms with van der Waals surface area (Å²) in [7, 11) is 0. The summed E-state index contributed by atoms with van der Waals surface area (Å²) in [4.78, 5) is 26.0. The highest BCUT2D eigenvalue weighted by Crippen LogP contribution is 2.34. The molecular weight excluding hydrogens is 270 g/mol. The first kappa shape index (κ1) is 15.5. The molecule has 0 aliphatic rings. The summed E-state index contributed by atoms with van der Waals surface area (Å²) in [6.07, 6.45) is -0.212. The van der Waals surface area contributed by atoms with E-state index in [1.165, 1.54) is 0 Å². The van der Waals surface area contributed by atoms with Gasteiger partial charge in [0.25, 0.3) is 0 Å². The van der Waals surface area contributed by atoms with Crippen LogP contribution in [0.5, 0.6) is 0 Å². The minimum absolute atomic E-state index is 0.0488. The predicted molar refractivity (Wildman–Crippen MR) is 71.4 cm³/mol. The maximum absolute atomic E-state index is 11.2. The number of primary amides is 1. The molecule has 19 heavy (non-hydrogen) atoms. The lowest BCUT2D eigenvalue weighted by molar-refractivity contribution is 0.0957. The Morgan fingerprint density at radius 2 is 2.16 bits per heavy atom. The molecule has 1 unspecified atom stereocenters. The van der Waals surface area contributed by atoms with Crippen molar-refractivity contribution >= 4 is 24.0 Å². The van der Waals surface area contributed by atoms with Crippen LogP contribution in [0.1, 0.15) is 43.1 Å². The average molecular weight is 288 g/mol. The fraction of sp³-hybridized carbons (Fsp3) is 0.583. The largest absolute Gasteiger partial charge is 0.447 e. The summed E-state index contributed by atoms with van der Waals surface area (Å²) in [5, 5.41) is 0.140. The summed E-state index contributed by atoms with van der Waals surface area (Å²) in [5.74, 6) is 0.583. The molecule has 6 nitrogen and oxygen atoms in total. The number of aromatic nitrogens is 2. The number of nitrogens with two attached hydrogens (primary N) is 1. The number of halogens is 1. The lowest BCUT2D eigenvalue weighted by atomic mass is 9.86. The van der Waals surface area contributed by atoms with Gasteiger partial charge in [0.15, 0.2) is 11.4 Å². The van der Waals surface area contributed by atoms with Gasteiger partial charge in [0.05, 0.1) is 6.04 Å². The zero-order chi connectivity index (χ0) is 14.8. The molecule has 0 radical (unpaired) electrons. The number of carbonyl (C=O) groups excluding carboxylic acids is 2. The van der Waals surface area contributed by atoms with Crippen LogP contribution < -0.4 is 5.73 Å². The molecule has 1 heterocycles. The van der Waals surface area contributed by atoms with Gasteiger partial charge >= 0.3 is 6.09 Å². The molecule has 0 aliphatic heterocycles. The maximum atomic E-state index is 11.2. The number of carbonyl (C=O) groups is 2. The average Bonchev–Trinajstić information content (AvgIpc) is 2.51. The van der Waals surface area contributed by atoms with Gasteiger partial charge in [0.1, 0.15) is 18.1 Å². The van der Waals surface area contributed by atoms with Crippen molar-refractivity contribution < 1.29 is 14.3 Å². The monoisotopic (exact) mass is 287 g/mol. The van der Waals surface area contributed by atoms with E-state index in [4.69, 9.17) is 22.1 Å². The van der Waals surface area contributed by atoms with Crippen LogP contribution in [0.25, 0.3) is 0 Å². The van der Waals surface area contributed by atoms with Crippen LogP contribution in [-0.4, -0.2) is 28.5 Å². The lowest BCUT2D eigenvalue weighted by Gasteiger charge is -2.32. The molecule has 0 saturated carbocycles. The van der Waals surface area contributed by atoms with E-state index in [9.17, 15) is 9.59 Å². The number of imidazole rings is 1. The first-order chi connectivity index (χ1) is 8.68. The first-order valence-corrected chi connectivity index (χ1v) is 6.18. The maximum Gasteiger partial charge on any atom is 0.404 e. The molecule has 0 saturated heterocycles. The van der Waals surface area contributed by atoms with Crippen molar-refractivity contribution in [3.63, 3.8) is 0 Å². The van der Waals surface area contributed by atoms with Crippen molar-refractivity contribution in [1.29, 1.82) is 0 Å². The number of hydrogen-bond donors (Lipinski definition) is 1. The predicted octanol–water partition coefficient (Wildman–Crippen LogP) is 2.34. The molecule has 0 spiro atoms. The second-order valence-electron chi connectivity index (χ2n) is 5.33. The summed E-state index contributed by atoms with van der Waals surface area (Å²) in [6.45, 7) is 7.67. The first-order valence-electron chi connectivity index (χ1n) is 5.80. The van der Waals surface area contributed by atoms with E-state index in [2.05, 4.69) is 4.98 Å². The van der Waals surface area contributed by atoms with Crippen molar-refractivity contribution in [2.75, 3.05) is 6.61 Å². The molecule has 0 aliphatic carbocycles. The zero-order valence-corrected chi connectivity index (χ0v) is 12.2. The van der Waals surface area contributed by atoms with E-state index >= 15 is 0 Å². The Labute approximate surface area is 116 Å². The molecule has 106 valence electrons. The zero-order valence-electron chi connectivity index (χ0n) is 11.4. The number of aryl methyl sites for hydroxylation is 1. The molecule has 1 rings (SSSR count). The molecule has 7 heteroatoms. The smallest absolute Gasteiger partial charge is 0.404 e. The molecule has 2 N–H and O–H groups in total. The van der Waals surface area contributed by atoms with Gasteiger partial charge in [-0.05, 0) is 12.3 Å². The van der Waals surface area contributed by atoms with Crippen molar-refractivity contribution in [2.45, 2.75) is 33.7 Å². The number of rotatable bonds is 4. The number of aldehydes is 1. The van der Waals surface area contributed by atoms with Gasteiger partial charge < -0.3 is 15.0 Å². The van der Waals surface area contributed by atoms with Crippen LogP contribution in [0.2, 0.25) is 5.15 Å². The van der Waals surface area contributed by atoms with Crippen molar-refractivity contribution in [2.24, 2.45) is 11.1 Å². The molecule has 0 bridgehead atoms. The van der Waals surface area contributed by atoms with Gasteiger partial charge in [-0.1, -0.05) is 32.4 Å². The third-order valence-electron chi connectivity index (χ3n) is 2.89. The van der Waals surface area contributed by atoms with Gasteiger partial charge in [0, 0.05) is 0 Å². The van der Waals surface area contributed by atoms with Gasteiger partial charge in [-0.3, -0.25) is 4.79 Å². The third-order valence-corrected chi connectivity index (χ3v) is 3.16. The molecule has 0 fully saturated rings. The molecule has 1 aromatic heterocycles.